The fourth-order valence-corrected chi connectivity index (χ4v) is 3.17. The van der Waals surface area contributed by atoms with Gasteiger partial charge < -0.3 is 4.52 Å². The lowest BCUT2D eigenvalue weighted by molar-refractivity contribution is 0.111. The van der Waals surface area contributed by atoms with Gasteiger partial charge in [-0.2, -0.15) is 10.1 Å². The Morgan fingerprint density at radius 3 is 2.83 bits per heavy atom. The molecule has 3 aromatic rings. The summed E-state index contributed by atoms with van der Waals surface area (Å²) in [6.07, 6.45) is 5.05. The minimum atomic E-state index is 0.164. The van der Waals surface area contributed by atoms with E-state index in [0.717, 1.165) is 19.5 Å². The molecule has 1 aliphatic rings. The van der Waals surface area contributed by atoms with Crippen LogP contribution >= 0.6 is 0 Å². The van der Waals surface area contributed by atoms with E-state index in [2.05, 4.69) is 49.5 Å². The first-order valence-corrected chi connectivity index (χ1v) is 8.30. The Bertz CT molecular complexity index is 774. The van der Waals surface area contributed by atoms with Crippen LogP contribution in [0.25, 0.3) is 11.5 Å². The maximum atomic E-state index is 5.56. The first kappa shape index (κ1) is 15.0. The van der Waals surface area contributed by atoms with Crippen LogP contribution in [0.15, 0.2) is 53.2 Å². The number of piperidine rings is 1. The third-order valence-electron chi connectivity index (χ3n) is 4.37. The van der Waals surface area contributed by atoms with Gasteiger partial charge in [0.2, 0.25) is 11.7 Å². The Balaban J connectivity index is 1.56. The van der Waals surface area contributed by atoms with Gasteiger partial charge in [-0.15, -0.1) is 5.10 Å². The summed E-state index contributed by atoms with van der Waals surface area (Å²) in [7, 11) is 0. The summed E-state index contributed by atoms with van der Waals surface area (Å²) in [5.74, 6) is 1.18. The molecule has 1 saturated heterocycles. The Kier molecular flexibility index (Phi) is 4.29. The van der Waals surface area contributed by atoms with Crippen molar-refractivity contribution >= 4 is 0 Å². The molecule has 2 aromatic heterocycles. The Morgan fingerprint density at radius 2 is 2.00 bits per heavy atom. The summed E-state index contributed by atoms with van der Waals surface area (Å²) < 4.78 is 5.56. The van der Waals surface area contributed by atoms with Crippen LogP contribution in [0.1, 0.15) is 36.8 Å². The molecule has 122 valence electrons. The summed E-state index contributed by atoms with van der Waals surface area (Å²) in [5.41, 5.74) is 1.94. The maximum Gasteiger partial charge on any atom is 0.244 e. The average Bonchev–Trinajstić information content (AvgIpc) is 3.14. The number of nitrogens with zero attached hydrogens (tertiary/aromatic N) is 5. The second kappa shape index (κ2) is 6.88. The monoisotopic (exact) mass is 321 g/mol. The third-order valence-corrected chi connectivity index (χ3v) is 4.37. The average molecular weight is 321 g/mol. The molecule has 0 amide bonds. The summed E-state index contributed by atoms with van der Waals surface area (Å²) in [6, 6.07) is 14.3. The molecule has 0 N–H and O–H groups in total. The third kappa shape index (κ3) is 3.19. The van der Waals surface area contributed by atoms with Crippen molar-refractivity contribution in [2.75, 3.05) is 6.54 Å². The number of aromatic nitrogens is 4. The highest BCUT2D eigenvalue weighted by molar-refractivity contribution is 5.46. The minimum absolute atomic E-state index is 0.164. The number of likely N-dealkylation sites (tertiary alicyclic amines) is 1. The van der Waals surface area contributed by atoms with Gasteiger partial charge in [0.15, 0.2) is 0 Å². The molecular formula is C18H19N5O. The SMILES string of the molecule is c1ccc(CN2CCCC[C@H]2c2nc(-c3cccnn3)no2)cc1. The van der Waals surface area contributed by atoms with E-state index in [1.165, 1.54) is 18.4 Å². The first-order chi connectivity index (χ1) is 11.9. The van der Waals surface area contributed by atoms with Gasteiger partial charge in [-0.1, -0.05) is 41.9 Å². The molecule has 6 heteroatoms. The molecule has 0 spiro atoms. The lowest BCUT2D eigenvalue weighted by Gasteiger charge is -2.33. The highest BCUT2D eigenvalue weighted by Crippen LogP contribution is 2.32. The topological polar surface area (TPSA) is 67.9 Å². The molecule has 1 fully saturated rings. The molecule has 0 saturated carbocycles. The van der Waals surface area contributed by atoms with Gasteiger partial charge in [-0.3, -0.25) is 4.90 Å². The van der Waals surface area contributed by atoms with Crippen LogP contribution in [0, 0.1) is 0 Å². The highest BCUT2D eigenvalue weighted by Gasteiger charge is 2.29. The summed E-state index contributed by atoms with van der Waals surface area (Å²) in [4.78, 5) is 7.00. The van der Waals surface area contributed by atoms with Crippen molar-refractivity contribution in [1.29, 1.82) is 0 Å². The quantitative estimate of drug-likeness (QED) is 0.735. The summed E-state index contributed by atoms with van der Waals surface area (Å²) in [5, 5.41) is 12.0. The van der Waals surface area contributed by atoms with Crippen molar-refractivity contribution in [1.82, 2.24) is 25.2 Å². The molecule has 24 heavy (non-hydrogen) atoms. The van der Waals surface area contributed by atoms with E-state index in [-0.39, 0.29) is 6.04 Å². The van der Waals surface area contributed by atoms with Crippen molar-refractivity contribution in [3.8, 4) is 11.5 Å². The highest BCUT2D eigenvalue weighted by atomic mass is 16.5. The first-order valence-electron chi connectivity index (χ1n) is 8.30. The van der Waals surface area contributed by atoms with E-state index >= 15 is 0 Å². The zero-order valence-electron chi connectivity index (χ0n) is 13.4. The predicted molar refractivity (Wildman–Crippen MR) is 88.8 cm³/mol. The van der Waals surface area contributed by atoms with Gasteiger partial charge in [0.05, 0.1) is 6.04 Å². The van der Waals surface area contributed by atoms with Crippen molar-refractivity contribution in [2.24, 2.45) is 0 Å². The number of hydrogen-bond acceptors (Lipinski definition) is 6. The van der Waals surface area contributed by atoms with E-state index < -0.39 is 0 Å². The molecule has 0 aliphatic carbocycles. The van der Waals surface area contributed by atoms with Crippen molar-refractivity contribution in [3.63, 3.8) is 0 Å². The normalized spacial score (nSPS) is 18.6. The van der Waals surface area contributed by atoms with Crippen LogP contribution in [-0.4, -0.2) is 31.8 Å². The predicted octanol–water partition coefficient (Wildman–Crippen LogP) is 3.25. The largest absolute Gasteiger partial charge is 0.337 e. The summed E-state index contributed by atoms with van der Waals surface area (Å²) in [6.45, 7) is 1.94. The van der Waals surface area contributed by atoms with Crippen molar-refractivity contribution in [3.05, 3.63) is 60.1 Å². The van der Waals surface area contributed by atoms with Gasteiger partial charge in [-0.05, 0) is 37.1 Å². The fourth-order valence-electron chi connectivity index (χ4n) is 3.17. The van der Waals surface area contributed by atoms with Crippen LogP contribution in [0.5, 0.6) is 0 Å². The molecule has 1 aromatic carbocycles. The standard InChI is InChI=1S/C18H19N5O/c1-2-7-14(8-3-1)13-23-12-5-4-10-16(23)18-20-17(22-24-18)15-9-6-11-19-21-15/h1-3,6-9,11,16H,4-5,10,12-13H2/t16-/m0/s1. The molecule has 1 atom stereocenters. The van der Waals surface area contributed by atoms with E-state index in [0.29, 0.717) is 17.4 Å². The Hall–Kier alpha value is -2.60. The lowest BCUT2D eigenvalue weighted by Crippen LogP contribution is -2.33. The van der Waals surface area contributed by atoms with Crippen LogP contribution in [0.3, 0.4) is 0 Å². The van der Waals surface area contributed by atoms with Gasteiger partial charge in [0, 0.05) is 12.7 Å². The van der Waals surface area contributed by atoms with E-state index in [1.54, 1.807) is 6.20 Å². The van der Waals surface area contributed by atoms with Crippen molar-refractivity contribution < 1.29 is 4.52 Å². The second-order valence-corrected chi connectivity index (χ2v) is 6.03. The van der Waals surface area contributed by atoms with E-state index in [4.69, 9.17) is 4.52 Å². The lowest BCUT2D eigenvalue weighted by atomic mass is 10.0. The van der Waals surface area contributed by atoms with Gasteiger partial charge >= 0.3 is 0 Å². The summed E-state index contributed by atoms with van der Waals surface area (Å²) >= 11 is 0. The number of rotatable bonds is 4. The fraction of sp³-hybridized carbons (Fsp3) is 0.333. The number of benzene rings is 1. The van der Waals surface area contributed by atoms with E-state index in [9.17, 15) is 0 Å². The Morgan fingerprint density at radius 1 is 1.08 bits per heavy atom. The molecule has 1 aliphatic heterocycles. The molecule has 0 radical (unpaired) electrons. The van der Waals surface area contributed by atoms with Gasteiger partial charge in [0.1, 0.15) is 5.69 Å². The smallest absolute Gasteiger partial charge is 0.244 e. The zero-order chi connectivity index (χ0) is 16.2. The Labute approximate surface area is 140 Å². The van der Waals surface area contributed by atoms with Crippen LogP contribution < -0.4 is 0 Å². The molecular weight excluding hydrogens is 302 g/mol. The molecule has 3 heterocycles. The van der Waals surface area contributed by atoms with Crippen LogP contribution in [0.4, 0.5) is 0 Å². The van der Waals surface area contributed by atoms with Gasteiger partial charge in [-0.25, -0.2) is 0 Å². The van der Waals surface area contributed by atoms with E-state index in [1.807, 2.05) is 18.2 Å². The minimum Gasteiger partial charge on any atom is -0.337 e. The number of hydrogen-bond donors (Lipinski definition) is 0. The molecule has 0 bridgehead atoms. The maximum absolute atomic E-state index is 5.56. The van der Waals surface area contributed by atoms with Crippen LogP contribution in [0.2, 0.25) is 0 Å². The molecule has 4 rings (SSSR count). The van der Waals surface area contributed by atoms with Crippen LogP contribution in [-0.2, 0) is 6.54 Å². The van der Waals surface area contributed by atoms with Gasteiger partial charge in [0.25, 0.3) is 0 Å². The molecule has 0 unspecified atom stereocenters. The molecule has 6 nitrogen and oxygen atoms in total. The second-order valence-electron chi connectivity index (χ2n) is 6.03. The van der Waals surface area contributed by atoms with Crippen molar-refractivity contribution in [2.45, 2.75) is 31.8 Å². The zero-order valence-corrected chi connectivity index (χ0v) is 13.4.